The zero-order valence-electron chi connectivity index (χ0n) is 17.9. The Balaban J connectivity index is 1.37. The van der Waals surface area contributed by atoms with Gasteiger partial charge in [-0.25, -0.2) is 4.98 Å². The van der Waals surface area contributed by atoms with E-state index in [1.165, 1.54) is 0 Å². The molecule has 0 spiro atoms. The predicted molar refractivity (Wildman–Crippen MR) is 119 cm³/mol. The van der Waals surface area contributed by atoms with E-state index in [9.17, 15) is 0 Å². The number of aryl methyl sites for hydroxylation is 2. The molecule has 0 atom stereocenters. The molecule has 0 N–H and O–H groups in total. The first kappa shape index (κ1) is 19.0. The Morgan fingerprint density at radius 3 is 2.71 bits per heavy atom. The molecule has 4 aromatic heterocycles. The van der Waals surface area contributed by atoms with E-state index < -0.39 is 0 Å². The van der Waals surface area contributed by atoms with Crippen LogP contribution in [0, 0.1) is 13.8 Å². The number of aromatic nitrogens is 6. The molecule has 0 aliphatic heterocycles. The van der Waals surface area contributed by atoms with E-state index in [1.54, 1.807) is 6.20 Å². The van der Waals surface area contributed by atoms with Gasteiger partial charge in [-0.3, -0.25) is 4.68 Å². The third-order valence-electron chi connectivity index (χ3n) is 5.61. The summed E-state index contributed by atoms with van der Waals surface area (Å²) in [5, 5.41) is 12.9. The lowest BCUT2D eigenvalue weighted by atomic mass is 10.0. The van der Waals surface area contributed by atoms with Crippen LogP contribution < -0.4 is 4.90 Å². The summed E-state index contributed by atoms with van der Waals surface area (Å²) in [5.41, 5.74) is 7.42. The maximum absolute atomic E-state index is 6.00. The lowest BCUT2D eigenvalue weighted by Gasteiger charge is -2.14. The summed E-state index contributed by atoms with van der Waals surface area (Å²) in [4.78, 5) is 6.22. The van der Waals surface area contributed by atoms with Gasteiger partial charge in [-0.05, 0) is 42.7 Å². The van der Waals surface area contributed by atoms with Crippen molar-refractivity contribution in [2.24, 2.45) is 7.05 Å². The Morgan fingerprint density at radius 2 is 1.94 bits per heavy atom. The monoisotopic (exact) mass is 413 g/mol. The average Bonchev–Trinajstić information content (AvgIpc) is 3.49. The Morgan fingerprint density at radius 1 is 1.06 bits per heavy atom. The van der Waals surface area contributed by atoms with Gasteiger partial charge in [0.1, 0.15) is 5.65 Å². The molecule has 0 bridgehead atoms. The fourth-order valence-electron chi connectivity index (χ4n) is 3.73. The number of hydrogen-bond acceptors (Lipinski definition) is 6. The Hall–Kier alpha value is -3.94. The average molecular weight is 413 g/mol. The molecule has 0 aliphatic carbocycles. The van der Waals surface area contributed by atoms with Crippen molar-refractivity contribution in [1.82, 2.24) is 29.4 Å². The van der Waals surface area contributed by atoms with Crippen LogP contribution in [0.15, 0.2) is 59.5 Å². The van der Waals surface area contributed by atoms with Gasteiger partial charge in [-0.15, -0.1) is 5.10 Å². The Labute approximate surface area is 179 Å². The first-order valence-corrected chi connectivity index (χ1v) is 10.1. The minimum Gasteiger partial charge on any atom is -0.403 e. The molecule has 4 heterocycles. The van der Waals surface area contributed by atoms with Crippen molar-refractivity contribution in [3.8, 4) is 22.6 Å². The van der Waals surface area contributed by atoms with Crippen LogP contribution in [0.2, 0.25) is 0 Å². The first-order valence-electron chi connectivity index (χ1n) is 10.1. The summed E-state index contributed by atoms with van der Waals surface area (Å²) in [6.07, 6.45) is 7.67. The van der Waals surface area contributed by atoms with E-state index in [-0.39, 0.29) is 0 Å². The van der Waals surface area contributed by atoms with E-state index in [2.05, 4.69) is 58.5 Å². The van der Waals surface area contributed by atoms with Crippen molar-refractivity contribution < 1.29 is 4.42 Å². The van der Waals surface area contributed by atoms with Crippen LogP contribution in [0.4, 0.5) is 6.01 Å². The van der Waals surface area contributed by atoms with Crippen LogP contribution in [-0.2, 0) is 13.6 Å². The van der Waals surface area contributed by atoms with Gasteiger partial charge >= 0.3 is 6.01 Å². The molecule has 0 aliphatic rings. The van der Waals surface area contributed by atoms with E-state index in [4.69, 9.17) is 4.42 Å². The molecule has 5 aromatic rings. The molecule has 0 amide bonds. The van der Waals surface area contributed by atoms with Crippen LogP contribution >= 0.6 is 0 Å². The van der Waals surface area contributed by atoms with Crippen molar-refractivity contribution in [2.45, 2.75) is 20.4 Å². The van der Waals surface area contributed by atoms with Gasteiger partial charge in [0.2, 0.25) is 5.89 Å². The number of fused-ring (bicyclic) bond motifs is 1. The number of rotatable bonds is 5. The van der Waals surface area contributed by atoms with Crippen molar-refractivity contribution in [3.05, 3.63) is 71.9 Å². The van der Waals surface area contributed by atoms with Crippen molar-refractivity contribution in [2.75, 3.05) is 11.9 Å². The third kappa shape index (κ3) is 3.46. The number of benzene rings is 1. The van der Waals surface area contributed by atoms with Crippen LogP contribution in [0.3, 0.4) is 0 Å². The normalized spacial score (nSPS) is 11.4. The van der Waals surface area contributed by atoms with E-state index in [0.717, 1.165) is 39.2 Å². The maximum atomic E-state index is 6.00. The van der Waals surface area contributed by atoms with Gasteiger partial charge in [-0.1, -0.05) is 23.3 Å². The summed E-state index contributed by atoms with van der Waals surface area (Å²) in [7, 11) is 3.89. The largest absolute Gasteiger partial charge is 0.403 e. The van der Waals surface area contributed by atoms with Crippen LogP contribution in [0.25, 0.3) is 28.2 Å². The SMILES string of the molecule is Cc1cc(-c2cnn(C)c2C)ccc1-c1nnc(N(C)Cc2ccc3nccn3c2)o1. The zero-order chi connectivity index (χ0) is 21.5. The zero-order valence-corrected chi connectivity index (χ0v) is 17.9. The van der Waals surface area contributed by atoms with Gasteiger partial charge < -0.3 is 13.7 Å². The number of anilines is 1. The molecule has 1 aromatic carbocycles. The molecular weight excluding hydrogens is 390 g/mol. The lowest BCUT2D eigenvalue weighted by Crippen LogP contribution is -2.17. The van der Waals surface area contributed by atoms with Crippen molar-refractivity contribution >= 4 is 11.7 Å². The standard InChI is InChI=1S/C23H23N7O/c1-15-11-18(20-12-25-29(4)16(20)2)6-7-19(15)22-26-27-23(31-22)28(3)13-17-5-8-21-24-9-10-30(21)14-17/h5-12,14H,13H2,1-4H3. The Bertz CT molecular complexity index is 1380. The van der Waals surface area contributed by atoms with Gasteiger partial charge in [0.05, 0.1) is 6.20 Å². The maximum Gasteiger partial charge on any atom is 0.318 e. The highest BCUT2D eigenvalue weighted by atomic mass is 16.4. The first-order chi connectivity index (χ1) is 15.0. The second-order valence-electron chi connectivity index (χ2n) is 7.77. The van der Waals surface area contributed by atoms with E-state index in [0.29, 0.717) is 18.5 Å². The fourth-order valence-corrected chi connectivity index (χ4v) is 3.73. The second kappa shape index (κ2) is 7.39. The van der Waals surface area contributed by atoms with Gasteiger partial charge in [0.25, 0.3) is 0 Å². The quantitative estimate of drug-likeness (QED) is 0.433. The van der Waals surface area contributed by atoms with Gasteiger partial charge in [0.15, 0.2) is 0 Å². The molecule has 0 saturated carbocycles. The molecule has 8 heteroatoms. The number of imidazole rings is 1. The Kier molecular flexibility index (Phi) is 4.54. The summed E-state index contributed by atoms with van der Waals surface area (Å²) < 4.78 is 9.87. The predicted octanol–water partition coefficient (Wildman–Crippen LogP) is 4.04. The molecular formula is C23H23N7O. The smallest absolute Gasteiger partial charge is 0.318 e. The highest BCUT2D eigenvalue weighted by Gasteiger charge is 2.16. The minimum atomic E-state index is 0.479. The van der Waals surface area contributed by atoms with Gasteiger partial charge in [-0.2, -0.15) is 5.10 Å². The molecule has 156 valence electrons. The third-order valence-corrected chi connectivity index (χ3v) is 5.61. The lowest BCUT2D eigenvalue weighted by molar-refractivity contribution is 0.554. The summed E-state index contributed by atoms with van der Waals surface area (Å²) in [5.74, 6) is 0.513. The van der Waals surface area contributed by atoms with E-state index >= 15 is 0 Å². The topological polar surface area (TPSA) is 77.3 Å². The second-order valence-corrected chi connectivity index (χ2v) is 7.77. The highest BCUT2D eigenvalue weighted by molar-refractivity contribution is 5.71. The molecule has 0 radical (unpaired) electrons. The van der Waals surface area contributed by atoms with Gasteiger partial charge in [0, 0.05) is 56.1 Å². The summed E-state index contributed by atoms with van der Waals surface area (Å²) in [6, 6.07) is 10.8. The summed E-state index contributed by atoms with van der Waals surface area (Å²) >= 11 is 0. The number of pyridine rings is 1. The molecule has 0 fully saturated rings. The highest BCUT2D eigenvalue weighted by Crippen LogP contribution is 2.30. The molecule has 5 rings (SSSR count). The molecule has 0 saturated heterocycles. The molecule has 31 heavy (non-hydrogen) atoms. The fraction of sp³-hybridized carbons (Fsp3) is 0.217. The summed E-state index contributed by atoms with van der Waals surface area (Å²) in [6.45, 7) is 4.77. The molecule has 0 unspecified atom stereocenters. The number of nitrogens with zero attached hydrogens (tertiary/aromatic N) is 7. The molecule has 8 nitrogen and oxygen atoms in total. The van der Waals surface area contributed by atoms with E-state index in [1.807, 2.05) is 52.6 Å². The van der Waals surface area contributed by atoms with Crippen LogP contribution in [-0.4, -0.2) is 36.4 Å². The minimum absolute atomic E-state index is 0.479. The van der Waals surface area contributed by atoms with Crippen molar-refractivity contribution in [1.29, 1.82) is 0 Å². The van der Waals surface area contributed by atoms with Crippen LogP contribution in [0.1, 0.15) is 16.8 Å². The number of hydrogen-bond donors (Lipinski definition) is 0. The van der Waals surface area contributed by atoms with Crippen LogP contribution in [0.5, 0.6) is 0 Å². The van der Waals surface area contributed by atoms with Crippen molar-refractivity contribution in [3.63, 3.8) is 0 Å².